The molecule has 0 radical (unpaired) electrons. The Labute approximate surface area is 137 Å². The number of aryl methyl sites for hydroxylation is 1. The van der Waals surface area contributed by atoms with Crippen molar-refractivity contribution in [2.45, 2.75) is 45.9 Å². The second kappa shape index (κ2) is 5.65. The Morgan fingerprint density at radius 1 is 1.26 bits per heavy atom. The highest BCUT2D eigenvalue weighted by Gasteiger charge is 2.27. The first-order chi connectivity index (χ1) is 10.8. The molecule has 5 nitrogen and oxygen atoms in total. The maximum absolute atomic E-state index is 11.9. The van der Waals surface area contributed by atoms with Crippen LogP contribution in [0.5, 0.6) is 0 Å². The average Bonchev–Trinajstić information content (AvgIpc) is 3.04. The number of benzene rings is 1. The molecule has 5 heteroatoms. The molecule has 1 aromatic heterocycles. The third-order valence-corrected chi connectivity index (χ3v) is 5.11. The highest BCUT2D eigenvalue weighted by molar-refractivity contribution is 5.92. The number of rotatable bonds is 3. The zero-order chi connectivity index (χ0) is 16.9. The van der Waals surface area contributed by atoms with E-state index < -0.39 is 12.0 Å². The summed E-state index contributed by atoms with van der Waals surface area (Å²) in [7, 11) is 3.40. The van der Waals surface area contributed by atoms with Crippen molar-refractivity contribution in [1.29, 1.82) is 0 Å². The molecule has 1 unspecified atom stereocenters. The number of nitrogens with zero attached hydrogens (tertiary/aromatic N) is 2. The third kappa shape index (κ3) is 2.44. The van der Waals surface area contributed by atoms with Gasteiger partial charge >= 0.3 is 5.97 Å². The molecule has 1 atom stereocenters. The molecule has 2 aromatic rings. The van der Waals surface area contributed by atoms with Gasteiger partial charge in [-0.2, -0.15) is 0 Å². The number of ether oxygens (including phenoxy) is 1. The molecule has 0 aliphatic carbocycles. The fraction of sp³-hybridized carbons (Fsp3) is 0.500. The van der Waals surface area contributed by atoms with Crippen molar-refractivity contribution in [1.82, 2.24) is 9.47 Å². The van der Waals surface area contributed by atoms with Crippen molar-refractivity contribution in [2.75, 3.05) is 7.11 Å². The normalized spacial score (nSPS) is 16.1. The minimum absolute atomic E-state index is 0.398. The van der Waals surface area contributed by atoms with E-state index in [1.165, 1.54) is 18.2 Å². The van der Waals surface area contributed by atoms with Crippen LogP contribution in [0.1, 0.15) is 42.3 Å². The smallest absolute Gasteiger partial charge is 0.327 e. The summed E-state index contributed by atoms with van der Waals surface area (Å²) in [4.78, 5) is 14.4. The number of hydrogen-bond acceptors (Lipinski definition) is 4. The summed E-state index contributed by atoms with van der Waals surface area (Å²) in [5.41, 5.74) is 11.9. The van der Waals surface area contributed by atoms with E-state index in [1.54, 1.807) is 0 Å². The summed E-state index contributed by atoms with van der Waals surface area (Å²) in [6.45, 7) is 8.36. The van der Waals surface area contributed by atoms with Crippen LogP contribution in [0.4, 0.5) is 0 Å². The summed E-state index contributed by atoms with van der Waals surface area (Å²) >= 11 is 0. The first-order valence-corrected chi connectivity index (χ1v) is 8.03. The molecular formula is C18H25N3O2. The summed E-state index contributed by atoms with van der Waals surface area (Å²) in [6, 6.07) is 4.22. The molecular weight excluding hydrogens is 290 g/mol. The van der Waals surface area contributed by atoms with Crippen molar-refractivity contribution in [3.8, 4) is 0 Å². The Morgan fingerprint density at radius 2 is 1.87 bits per heavy atom. The first kappa shape index (κ1) is 16.0. The maximum atomic E-state index is 11.9. The van der Waals surface area contributed by atoms with Crippen molar-refractivity contribution < 1.29 is 9.53 Å². The predicted molar refractivity (Wildman–Crippen MR) is 91.0 cm³/mol. The Hall–Kier alpha value is -1.85. The van der Waals surface area contributed by atoms with E-state index in [0.717, 1.165) is 35.2 Å². The third-order valence-electron chi connectivity index (χ3n) is 5.11. The van der Waals surface area contributed by atoms with Gasteiger partial charge in [-0.15, -0.1) is 0 Å². The van der Waals surface area contributed by atoms with Gasteiger partial charge in [0.25, 0.3) is 0 Å². The largest absolute Gasteiger partial charge is 0.468 e. The number of hydrogen-bond donors (Lipinski definition) is 1. The van der Waals surface area contributed by atoms with Gasteiger partial charge in [0.15, 0.2) is 0 Å². The highest BCUT2D eigenvalue weighted by atomic mass is 16.5. The summed E-state index contributed by atoms with van der Waals surface area (Å²) in [6.07, 6.45) is 0. The van der Waals surface area contributed by atoms with Crippen LogP contribution in [0.3, 0.4) is 0 Å². The standard InChI is InChI=1S/C18H25N3O2/c1-10(2)21-8-12-6-14-15(7-13(12)9-21)20(4)11(3)16(14)17(19)18(22)23-5/h6-7,10,17H,8-9,19H2,1-5H3. The van der Waals surface area contributed by atoms with E-state index in [2.05, 4.69) is 35.4 Å². The van der Waals surface area contributed by atoms with Crippen LogP contribution >= 0.6 is 0 Å². The number of aromatic nitrogens is 1. The molecule has 23 heavy (non-hydrogen) atoms. The van der Waals surface area contributed by atoms with Gasteiger partial charge in [0.2, 0.25) is 0 Å². The van der Waals surface area contributed by atoms with Gasteiger partial charge < -0.3 is 15.0 Å². The Bertz CT molecular complexity index is 776. The molecule has 1 aliphatic rings. The average molecular weight is 315 g/mol. The Kier molecular flexibility index (Phi) is 3.94. The van der Waals surface area contributed by atoms with Crippen molar-refractivity contribution in [3.63, 3.8) is 0 Å². The van der Waals surface area contributed by atoms with E-state index in [9.17, 15) is 4.79 Å². The summed E-state index contributed by atoms with van der Waals surface area (Å²) in [5, 5.41) is 1.06. The molecule has 0 bridgehead atoms. The molecule has 0 spiro atoms. The van der Waals surface area contributed by atoms with E-state index in [1.807, 2.05) is 14.0 Å². The van der Waals surface area contributed by atoms with Crippen LogP contribution < -0.4 is 5.73 Å². The van der Waals surface area contributed by atoms with Gasteiger partial charge in [-0.3, -0.25) is 9.69 Å². The minimum atomic E-state index is -0.746. The van der Waals surface area contributed by atoms with Crippen LogP contribution in [-0.4, -0.2) is 28.6 Å². The van der Waals surface area contributed by atoms with Crippen LogP contribution in [-0.2, 0) is 29.7 Å². The van der Waals surface area contributed by atoms with Gasteiger partial charge in [0, 0.05) is 48.3 Å². The molecule has 2 N–H and O–H groups in total. The lowest BCUT2D eigenvalue weighted by atomic mass is 10.0. The SMILES string of the molecule is COC(=O)C(N)c1c(C)n(C)c2cc3c(cc12)CN(C(C)C)C3. The number of nitrogens with two attached hydrogens (primary N) is 1. The number of carbonyl (C=O) groups excluding carboxylic acids is 1. The van der Waals surface area contributed by atoms with Crippen LogP contribution in [0.15, 0.2) is 12.1 Å². The number of esters is 1. The van der Waals surface area contributed by atoms with Crippen LogP contribution in [0.2, 0.25) is 0 Å². The molecule has 2 heterocycles. The number of methoxy groups -OCH3 is 1. The molecule has 3 rings (SSSR count). The second-order valence-corrected chi connectivity index (χ2v) is 6.70. The van der Waals surface area contributed by atoms with Gasteiger partial charge in [-0.05, 0) is 44.0 Å². The predicted octanol–water partition coefficient (Wildman–Crippen LogP) is 2.38. The fourth-order valence-corrected chi connectivity index (χ4v) is 3.52. The second-order valence-electron chi connectivity index (χ2n) is 6.70. The zero-order valence-electron chi connectivity index (χ0n) is 14.5. The Morgan fingerprint density at radius 3 is 2.43 bits per heavy atom. The van der Waals surface area contributed by atoms with Crippen LogP contribution in [0, 0.1) is 6.92 Å². The van der Waals surface area contributed by atoms with Gasteiger partial charge in [0.1, 0.15) is 6.04 Å². The monoisotopic (exact) mass is 315 g/mol. The Balaban J connectivity index is 2.15. The first-order valence-electron chi connectivity index (χ1n) is 8.03. The maximum Gasteiger partial charge on any atom is 0.327 e. The fourth-order valence-electron chi connectivity index (χ4n) is 3.52. The molecule has 0 fully saturated rings. The van der Waals surface area contributed by atoms with Crippen molar-refractivity contribution >= 4 is 16.9 Å². The van der Waals surface area contributed by atoms with Crippen molar-refractivity contribution in [2.24, 2.45) is 12.8 Å². The number of fused-ring (bicyclic) bond motifs is 2. The summed E-state index contributed by atoms with van der Waals surface area (Å²) in [5.74, 6) is -0.398. The zero-order valence-corrected chi connectivity index (χ0v) is 14.5. The summed E-state index contributed by atoms with van der Waals surface area (Å²) < 4.78 is 6.96. The molecule has 1 aliphatic heterocycles. The lowest BCUT2D eigenvalue weighted by Crippen LogP contribution is -2.24. The minimum Gasteiger partial charge on any atom is -0.468 e. The van der Waals surface area contributed by atoms with Gasteiger partial charge in [0.05, 0.1) is 7.11 Å². The van der Waals surface area contributed by atoms with E-state index in [4.69, 9.17) is 10.5 Å². The lowest BCUT2D eigenvalue weighted by molar-refractivity contribution is -0.142. The van der Waals surface area contributed by atoms with E-state index in [0.29, 0.717) is 6.04 Å². The molecule has 0 amide bonds. The quantitative estimate of drug-likeness (QED) is 0.884. The molecule has 0 saturated carbocycles. The topological polar surface area (TPSA) is 60.5 Å². The van der Waals surface area contributed by atoms with Gasteiger partial charge in [-0.1, -0.05) is 0 Å². The van der Waals surface area contributed by atoms with E-state index in [-0.39, 0.29) is 0 Å². The highest BCUT2D eigenvalue weighted by Crippen LogP contribution is 2.35. The van der Waals surface area contributed by atoms with E-state index >= 15 is 0 Å². The molecule has 1 aromatic carbocycles. The number of carbonyl (C=O) groups is 1. The molecule has 0 saturated heterocycles. The molecule has 124 valence electrons. The lowest BCUT2D eigenvalue weighted by Gasteiger charge is -2.18. The van der Waals surface area contributed by atoms with Gasteiger partial charge in [-0.25, -0.2) is 0 Å². The van der Waals surface area contributed by atoms with Crippen LogP contribution in [0.25, 0.3) is 10.9 Å². The van der Waals surface area contributed by atoms with Crippen molar-refractivity contribution in [3.05, 3.63) is 34.5 Å².